The molecule has 24 heavy (non-hydrogen) atoms. The van der Waals surface area contributed by atoms with Gasteiger partial charge in [-0.05, 0) is 56.0 Å². The van der Waals surface area contributed by atoms with Gasteiger partial charge in [0.1, 0.15) is 5.84 Å². The molecule has 0 aliphatic carbocycles. The molecule has 0 atom stereocenters. The van der Waals surface area contributed by atoms with Gasteiger partial charge in [0.25, 0.3) is 5.91 Å². The average Bonchev–Trinajstić information content (AvgIpc) is 2.57. The molecule has 0 unspecified atom stereocenters. The predicted octanol–water partition coefficient (Wildman–Crippen LogP) is 3.76. The Morgan fingerprint density at radius 1 is 1.21 bits per heavy atom. The van der Waals surface area contributed by atoms with E-state index in [2.05, 4.69) is 49.1 Å². The van der Waals surface area contributed by atoms with Crippen molar-refractivity contribution in [2.45, 2.75) is 40.0 Å². The number of carbonyl (C=O) groups is 1. The zero-order valence-electron chi connectivity index (χ0n) is 15.6. The number of aliphatic imine (C=N–C) groups is 1. The minimum Gasteiger partial charge on any atom is -0.377 e. The topological polar surface area (TPSA) is 35.9 Å². The Hall–Kier alpha value is -2.10. The molecule has 2 rings (SSSR count). The smallest absolute Gasteiger partial charge is 0.255 e. The lowest BCUT2D eigenvalue weighted by molar-refractivity contribution is -0.124. The molecule has 1 fully saturated rings. The Bertz CT molecular complexity index is 659. The number of piperidine rings is 1. The van der Waals surface area contributed by atoms with E-state index in [1.165, 1.54) is 11.3 Å². The van der Waals surface area contributed by atoms with E-state index in [0.717, 1.165) is 42.8 Å². The normalized spacial score (nSPS) is 18.5. The summed E-state index contributed by atoms with van der Waals surface area (Å²) in [6.07, 6.45) is 4.64. The maximum atomic E-state index is 12.7. The van der Waals surface area contributed by atoms with Crippen LogP contribution in [-0.2, 0) is 11.2 Å². The number of anilines is 1. The van der Waals surface area contributed by atoms with E-state index in [1.807, 2.05) is 24.8 Å². The van der Waals surface area contributed by atoms with Crippen LogP contribution in [0.15, 0.2) is 28.8 Å². The highest BCUT2D eigenvalue weighted by Crippen LogP contribution is 2.25. The van der Waals surface area contributed by atoms with E-state index < -0.39 is 0 Å². The van der Waals surface area contributed by atoms with Crippen molar-refractivity contribution in [1.82, 2.24) is 4.90 Å². The lowest BCUT2D eigenvalue weighted by Gasteiger charge is -2.29. The van der Waals surface area contributed by atoms with Gasteiger partial charge in [-0.15, -0.1) is 0 Å². The number of benzene rings is 1. The summed E-state index contributed by atoms with van der Waals surface area (Å²) in [5.74, 6) is 1.03. The third-order valence-electron chi connectivity index (χ3n) is 4.41. The number of hydrogen-bond donors (Lipinski definition) is 0. The Morgan fingerprint density at radius 3 is 2.54 bits per heavy atom. The highest BCUT2D eigenvalue weighted by molar-refractivity contribution is 6.11. The molecule has 1 aliphatic heterocycles. The highest BCUT2D eigenvalue weighted by atomic mass is 16.2. The van der Waals surface area contributed by atoms with Crippen molar-refractivity contribution in [3.63, 3.8) is 0 Å². The fourth-order valence-corrected chi connectivity index (χ4v) is 3.20. The maximum Gasteiger partial charge on any atom is 0.255 e. The molecule has 0 N–H and O–H groups in total. The first-order chi connectivity index (χ1) is 11.5. The molecule has 1 aromatic rings. The highest BCUT2D eigenvalue weighted by Gasteiger charge is 2.26. The van der Waals surface area contributed by atoms with Gasteiger partial charge in [0.15, 0.2) is 0 Å². The van der Waals surface area contributed by atoms with Gasteiger partial charge in [-0.3, -0.25) is 14.7 Å². The number of aryl methyl sites for hydroxylation is 1. The summed E-state index contributed by atoms with van der Waals surface area (Å²) in [7, 11) is 4.12. The fourth-order valence-electron chi connectivity index (χ4n) is 3.20. The van der Waals surface area contributed by atoms with Crippen molar-refractivity contribution in [3.05, 3.63) is 34.9 Å². The van der Waals surface area contributed by atoms with Crippen molar-refractivity contribution < 1.29 is 4.79 Å². The van der Waals surface area contributed by atoms with Crippen molar-refractivity contribution in [2.75, 3.05) is 32.1 Å². The van der Waals surface area contributed by atoms with Gasteiger partial charge >= 0.3 is 0 Å². The molecule has 1 amide bonds. The number of hydrogen-bond acceptors (Lipinski definition) is 3. The summed E-state index contributed by atoms with van der Waals surface area (Å²) >= 11 is 0. The van der Waals surface area contributed by atoms with Crippen LogP contribution >= 0.6 is 0 Å². The summed E-state index contributed by atoms with van der Waals surface area (Å²) in [6, 6.07) is 6.43. The number of likely N-dealkylation sites (N-methyl/N-ethyl adjacent to an activating group) is 1. The van der Waals surface area contributed by atoms with Crippen LogP contribution in [0.1, 0.15) is 44.7 Å². The summed E-state index contributed by atoms with van der Waals surface area (Å²) < 4.78 is 0. The molecule has 0 saturated carbocycles. The van der Waals surface area contributed by atoms with Crippen LogP contribution in [0, 0.1) is 0 Å². The lowest BCUT2D eigenvalue weighted by atomic mass is 9.98. The van der Waals surface area contributed by atoms with Crippen LogP contribution in [0.25, 0.3) is 6.08 Å². The van der Waals surface area contributed by atoms with Gasteiger partial charge in [-0.1, -0.05) is 13.0 Å². The zero-order chi connectivity index (χ0) is 17.7. The van der Waals surface area contributed by atoms with Crippen LogP contribution in [-0.4, -0.2) is 43.8 Å². The Kier molecular flexibility index (Phi) is 6.18. The minimum absolute atomic E-state index is 0.102. The van der Waals surface area contributed by atoms with Gasteiger partial charge in [0.05, 0.1) is 0 Å². The number of likely N-dealkylation sites (tertiary alicyclic amines) is 1. The quantitative estimate of drug-likeness (QED) is 0.772. The van der Waals surface area contributed by atoms with Crippen LogP contribution < -0.4 is 4.90 Å². The molecule has 0 radical (unpaired) electrons. The molecule has 0 aromatic heterocycles. The first-order valence-corrected chi connectivity index (χ1v) is 8.87. The SMILES string of the molecule is CC/N=C1/CC/C(=C/c2ccc(N(C)C)c(CC)c2)C(=O)N1CC. The number of nitrogens with zero attached hydrogens (tertiary/aromatic N) is 3. The van der Waals surface area contributed by atoms with Crippen molar-refractivity contribution in [3.8, 4) is 0 Å². The van der Waals surface area contributed by atoms with E-state index >= 15 is 0 Å². The summed E-state index contributed by atoms with van der Waals surface area (Å²) in [5.41, 5.74) is 4.53. The van der Waals surface area contributed by atoms with Crippen molar-refractivity contribution in [2.24, 2.45) is 4.99 Å². The number of carbonyl (C=O) groups excluding carboxylic acids is 1. The first kappa shape index (κ1) is 18.2. The Morgan fingerprint density at radius 2 is 1.96 bits per heavy atom. The van der Waals surface area contributed by atoms with Gasteiger partial charge in [-0.2, -0.15) is 0 Å². The summed E-state index contributed by atoms with van der Waals surface area (Å²) in [4.78, 5) is 21.2. The third kappa shape index (κ3) is 3.86. The fraction of sp³-hybridized carbons (Fsp3) is 0.500. The van der Waals surface area contributed by atoms with Crippen LogP contribution in [0.5, 0.6) is 0 Å². The molecule has 0 spiro atoms. The molecular weight excluding hydrogens is 298 g/mol. The zero-order valence-corrected chi connectivity index (χ0v) is 15.6. The standard InChI is InChI=1S/C20H29N3O/c1-6-16-13-15(9-11-18(16)22(4)5)14-17-10-12-19(21-7-2)23(8-3)20(17)24/h9,11,13-14H,6-8,10,12H2,1-5H3/b17-14-,21-19-. The van der Waals surface area contributed by atoms with Gasteiger partial charge in [0, 0.05) is 44.9 Å². The van der Waals surface area contributed by atoms with Crippen LogP contribution in [0.4, 0.5) is 5.69 Å². The largest absolute Gasteiger partial charge is 0.377 e. The van der Waals surface area contributed by atoms with Gasteiger partial charge < -0.3 is 4.90 Å². The molecule has 1 aliphatic rings. The van der Waals surface area contributed by atoms with Gasteiger partial charge in [0.2, 0.25) is 0 Å². The van der Waals surface area contributed by atoms with Crippen molar-refractivity contribution in [1.29, 1.82) is 0 Å². The summed E-state index contributed by atoms with van der Waals surface area (Å²) in [5, 5.41) is 0. The lowest BCUT2D eigenvalue weighted by Crippen LogP contribution is -2.41. The van der Waals surface area contributed by atoms with Gasteiger partial charge in [-0.25, -0.2) is 0 Å². The summed E-state index contributed by atoms with van der Waals surface area (Å²) in [6.45, 7) is 7.58. The molecule has 1 saturated heterocycles. The number of rotatable bonds is 5. The van der Waals surface area contributed by atoms with E-state index in [4.69, 9.17) is 0 Å². The molecular formula is C20H29N3O. The van der Waals surface area contributed by atoms with E-state index in [1.54, 1.807) is 0 Å². The van der Waals surface area contributed by atoms with E-state index in [-0.39, 0.29) is 5.91 Å². The molecule has 4 nitrogen and oxygen atoms in total. The monoisotopic (exact) mass is 327 g/mol. The Labute approximate surface area is 145 Å². The average molecular weight is 327 g/mol. The third-order valence-corrected chi connectivity index (χ3v) is 4.41. The predicted molar refractivity (Wildman–Crippen MR) is 103 cm³/mol. The molecule has 130 valence electrons. The van der Waals surface area contributed by atoms with E-state index in [0.29, 0.717) is 6.54 Å². The second-order valence-electron chi connectivity index (χ2n) is 6.25. The molecule has 1 heterocycles. The maximum absolute atomic E-state index is 12.7. The molecule has 1 aromatic carbocycles. The van der Waals surface area contributed by atoms with Crippen molar-refractivity contribution >= 4 is 23.5 Å². The van der Waals surface area contributed by atoms with Crippen LogP contribution in [0.2, 0.25) is 0 Å². The molecule has 0 bridgehead atoms. The number of amidine groups is 1. The minimum atomic E-state index is 0.102. The van der Waals surface area contributed by atoms with Crippen LogP contribution in [0.3, 0.4) is 0 Å². The number of amides is 1. The Balaban J connectivity index is 2.31. The first-order valence-electron chi connectivity index (χ1n) is 8.87. The molecule has 4 heteroatoms. The second-order valence-corrected chi connectivity index (χ2v) is 6.25. The second kappa shape index (κ2) is 8.13. The van der Waals surface area contributed by atoms with E-state index in [9.17, 15) is 4.79 Å².